The van der Waals surface area contributed by atoms with Gasteiger partial charge in [-0.2, -0.15) is 0 Å². The topological polar surface area (TPSA) is 40.5 Å². The van der Waals surface area contributed by atoms with E-state index in [9.17, 15) is 9.90 Å². The van der Waals surface area contributed by atoms with Crippen molar-refractivity contribution in [3.05, 3.63) is 0 Å². The number of fused-ring (bicyclic) bond motifs is 5. The van der Waals surface area contributed by atoms with Gasteiger partial charge >= 0.3 is 0 Å². The van der Waals surface area contributed by atoms with E-state index < -0.39 is 0 Å². The highest BCUT2D eigenvalue weighted by molar-refractivity contribution is 5.82. The zero-order chi connectivity index (χ0) is 10.7. The van der Waals surface area contributed by atoms with E-state index in [0.717, 1.165) is 19.4 Å². The van der Waals surface area contributed by atoms with Crippen LogP contribution in [0.1, 0.15) is 19.8 Å². The van der Waals surface area contributed by atoms with Crippen LogP contribution in [0.2, 0.25) is 0 Å². The van der Waals surface area contributed by atoms with Crippen molar-refractivity contribution in [2.24, 2.45) is 23.7 Å². The van der Waals surface area contributed by atoms with Gasteiger partial charge in [0.2, 0.25) is 0 Å². The number of aliphatic hydroxyl groups is 1. The Bertz CT molecular complexity index is 304. The van der Waals surface area contributed by atoms with Crippen molar-refractivity contribution in [2.45, 2.75) is 31.9 Å². The van der Waals surface area contributed by atoms with Crippen molar-refractivity contribution in [3.8, 4) is 0 Å². The Balaban J connectivity index is 1.90. The SMILES string of the molecule is CC(=O)[C@@H]1[C@H]2[C@H]3CC(O)[C@H](C3)[C@H]2CN1C. The minimum atomic E-state index is -0.0876. The Labute approximate surface area is 90.5 Å². The first kappa shape index (κ1) is 9.79. The lowest BCUT2D eigenvalue weighted by molar-refractivity contribution is -0.122. The molecule has 3 aliphatic rings. The predicted molar refractivity (Wildman–Crippen MR) is 56.3 cm³/mol. The maximum atomic E-state index is 11.7. The monoisotopic (exact) mass is 209 g/mol. The standard InChI is InChI=1S/C12H19NO2/c1-6(14)12-11-7-3-8(10(15)4-7)9(11)5-13(12)2/h7-12,15H,3-5H2,1-2H3/t7-,8-,9-,10?,11+,12-/m1/s1. The molecule has 0 aromatic rings. The van der Waals surface area contributed by atoms with Crippen LogP contribution >= 0.6 is 0 Å². The summed E-state index contributed by atoms with van der Waals surface area (Å²) in [7, 11) is 2.05. The second-order valence-corrected chi connectivity index (χ2v) is 5.70. The van der Waals surface area contributed by atoms with Crippen molar-refractivity contribution in [3.63, 3.8) is 0 Å². The normalized spacial score (nSPS) is 53.5. The van der Waals surface area contributed by atoms with Crippen molar-refractivity contribution in [2.75, 3.05) is 13.6 Å². The van der Waals surface area contributed by atoms with E-state index in [1.807, 2.05) is 0 Å². The fraction of sp³-hybridized carbons (Fsp3) is 0.917. The minimum absolute atomic E-state index is 0.0876. The third-order valence-electron chi connectivity index (χ3n) is 4.96. The maximum absolute atomic E-state index is 11.7. The van der Waals surface area contributed by atoms with Crippen LogP contribution in [0, 0.1) is 23.7 Å². The minimum Gasteiger partial charge on any atom is -0.393 e. The molecular weight excluding hydrogens is 190 g/mol. The summed E-state index contributed by atoms with van der Waals surface area (Å²) >= 11 is 0. The molecule has 1 N–H and O–H groups in total. The Morgan fingerprint density at radius 3 is 2.73 bits per heavy atom. The van der Waals surface area contributed by atoms with E-state index in [2.05, 4.69) is 11.9 Å². The molecule has 1 aliphatic heterocycles. The highest BCUT2D eigenvalue weighted by Crippen LogP contribution is 2.57. The van der Waals surface area contributed by atoms with Gasteiger partial charge < -0.3 is 5.11 Å². The van der Waals surface area contributed by atoms with Crippen LogP contribution < -0.4 is 0 Å². The van der Waals surface area contributed by atoms with E-state index >= 15 is 0 Å². The van der Waals surface area contributed by atoms with Crippen LogP contribution in [0.3, 0.4) is 0 Å². The van der Waals surface area contributed by atoms with Gasteiger partial charge in [0.15, 0.2) is 0 Å². The number of likely N-dealkylation sites (N-methyl/N-ethyl adjacent to an activating group) is 1. The number of nitrogens with zero attached hydrogens (tertiary/aromatic N) is 1. The number of carbonyl (C=O) groups excluding carboxylic acids is 1. The number of aliphatic hydroxyl groups excluding tert-OH is 1. The first-order valence-corrected chi connectivity index (χ1v) is 5.98. The number of Topliss-reactive ketones (excluding diaryl/α,β-unsaturated/α-hetero) is 1. The molecular formula is C12H19NO2. The Morgan fingerprint density at radius 1 is 1.33 bits per heavy atom. The van der Waals surface area contributed by atoms with Gasteiger partial charge in [-0.05, 0) is 50.5 Å². The molecule has 15 heavy (non-hydrogen) atoms. The number of rotatable bonds is 1. The van der Waals surface area contributed by atoms with Crippen molar-refractivity contribution in [1.82, 2.24) is 4.90 Å². The molecule has 2 aliphatic carbocycles. The van der Waals surface area contributed by atoms with E-state index in [4.69, 9.17) is 0 Å². The summed E-state index contributed by atoms with van der Waals surface area (Å²) in [5, 5.41) is 9.87. The largest absolute Gasteiger partial charge is 0.393 e. The molecule has 3 fully saturated rings. The first-order chi connectivity index (χ1) is 7.09. The van der Waals surface area contributed by atoms with E-state index in [-0.39, 0.29) is 12.1 Å². The maximum Gasteiger partial charge on any atom is 0.147 e. The summed E-state index contributed by atoms with van der Waals surface area (Å²) < 4.78 is 0. The number of ketones is 1. The Kier molecular flexibility index (Phi) is 1.99. The van der Waals surface area contributed by atoms with Crippen LogP contribution in [-0.4, -0.2) is 41.5 Å². The second kappa shape index (κ2) is 3.05. The van der Waals surface area contributed by atoms with Gasteiger partial charge in [-0.1, -0.05) is 0 Å². The Morgan fingerprint density at radius 2 is 2.07 bits per heavy atom. The molecule has 1 heterocycles. The van der Waals surface area contributed by atoms with Gasteiger partial charge in [0.05, 0.1) is 12.1 Å². The summed E-state index contributed by atoms with van der Waals surface area (Å²) in [4.78, 5) is 13.9. The number of carbonyl (C=O) groups is 1. The van der Waals surface area contributed by atoms with Gasteiger partial charge in [-0.25, -0.2) is 0 Å². The second-order valence-electron chi connectivity index (χ2n) is 5.70. The lowest BCUT2D eigenvalue weighted by Gasteiger charge is -2.30. The molecule has 1 unspecified atom stereocenters. The van der Waals surface area contributed by atoms with Crippen LogP contribution in [0.25, 0.3) is 0 Å². The average Bonchev–Trinajstić information content (AvgIpc) is 2.72. The van der Waals surface area contributed by atoms with Crippen molar-refractivity contribution in [1.29, 1.82) is 0 Å². The lowest BCUT2D eigenvalue weighted by atomic mass is 9.76. The highest BCUT2D eigenvalue weighted by Gasteiger charge is 2.59. The van der Waals surface area contributed by atoms with Crippen molar-refractivity contribution < 1.29 is 9.90 Å². The fourth-order valence-corrected chi connectivity index (χ4v) is 4.57. The zero-order valence-electron chi connectivity index (χ0n) is 9.39. The Hall–Kier alpha value is -0.410. The smallest absolute Gasteiger partial charge is 0.147 e. The van der Waals surface area contributed by atoms with Crippen LogP contribution in [0.15, 0.2) is 0 Å². The summed E-state index contributed by atoms with van der Waals surface area (Å²) in [5.41, 5.74) is 0. The summed E-state index contributed by atoms with van der Waals surface area (Å²) in [6, 6.07) is 0.137. The quantitative estimate of drug-likeness (QED) is 0.684. The number of hydrogen-bond acceptors (Lipinski definition) is 3. The lowest BCUT2D eigenvalue weighted by Crippen LogP contribution is -2.39. The van der Waals surface area contributed by atoms with Crippen molar-refractivity contribution >= 4 is 5.78 Å². The third kappa shape index (κ3) is 1.16. The number of hydrogen-bond donors (Lipinski definition) is 1. The average molecular weight is 209 g/mol. The van der Waals surface area contributed by atoms with Gasteiger partial charge in [0, 0.05) is 6.54 Å². The van der Waals surface area contributed by atoms with Gasteiger partial charge in [-0.15, -0.1) is 0 Å². The molecule has 1 saturated heterocycles. The third-order valence-corrected chi connectivity index (χ3v) is 4.96. The van der Waals surface area contributed by atoms with Crippen LogP contribution in [0.5, 0.6) is 0 Å². The van der Waals surface area contributed by atoms with E-state index in [1.165, 1.54) is 0 Å². The van der Waals surface area contributed by atoms with E-state index in [1.54, 1.807) is 6.92 Å². The van der Waals surface area contributed by atoms with Gasteiger partial charge in [0.1, 0.15) is 5.78 Å². The molecule has 6 atom stereocenters. The van der Waals surface area contributed by atoms with Gasteiger partial charge in [-0.3, -0.25) is 9.69 Å². The molecule has 0 aromatic carbocycles. The first-order valence-electron chi connectivity index (χ1n) is 5.98. The zero-order valence-corrected chi connectivity index (χ0v) is 9.39. The molecule has 3 rings (SSSR count). The summed E-state index contributed by atoms with van der Waals surface area (Å²) in [6.07, 6.45) is 2.01. The molecule has 0 spiro atoms. The van der Waals surface area contributed by atoms with Gasteiger partial charge in [0.25, 0.3) is 0 Å². The molecule has 3 heteroatoms. The summed E-state index contributed by atoms with van der Waals surface area (Å²) in [6.45, 7) is 2.72. The molecule has 84 valence electrons. The molecule has 0 radical (unpaired) electrons. The van der Waals surface area contributed by atoms with Crippen LogP contribution in [-0.2, 0) is 4.79 Å². The molecule has 0 aromatic heterocycles. The highest BCUT2D eigenvalue weighted by atomic mass is 16.3. The van der Waals surface area contributed by atoms with E-state index in [0.29, 0.717) is 29.5 Å². The fourth-order valence-electron chi connectivity index (χ4n) is 4.57. The molecule has 2 saturated carbocycles. The number of likely N-dealkylation sites (tertiary alicyclic amines) is 1. The predicted octanol–water partition coefficient (Wildman–Crippen LogP) is 0.522. The molecule has 2 bridgehead atoms. The molecule has 0 amide bonds. The molecule has 3 nitrogen and oxygen atoms in total. The summed E-state index contributed by atoms with van der Waals surface area (Å²) in [5.74, 6) is 2.52. The van der Waals surface area contributed by atoms with Crippen LogP contribution in [0.4, 0.5) is 0 Å².